The first kappa shape index (κ1) is 30.9. The van der Waals surface area contributed by atoms with Crippen molar-refractivity contribution in [2.45, 2.75) is 36.0 Å². The third kappa shape index (κ3) is 7.96. The highest BCUT2D eigenvalue weighted by atomic mass is 32.2. The molecule has 3 aromatic carbocycles. The number of hydrogen-bond acceptors (Lipinski definition) is 7. The number of aromatic nitrogens is 2. The van der Waals surface area contributed by atoms with Crippen molar-refractivity contribution in [1.29, 1.82) is 0 Å². The molecule has 1 N–H and O–H groups in total. The smallest absolute Gasteiger partial charge is 0.376 e. The lowest BCUT2D eigenvalue weighted by Gasteiger charge is -2.37. The van der Waals surface area contributed by atoms with E-state index in [-0.39, 0.29) is 12.0 Å². The third-order valence-corrected chi connectivity index (χ3v) is 8.92. The number of ether oxygens (including phenoxy) is 1. The predicted molar refractivity (Wildman–Crippen MR) is 171 cm³/mol. The van der Waals surface area contributed by atoms with E-state index < -0.39 is 11.7 Å². The Labute approximate surface area is 264 Å². The normalized spacial score (nSPS) is 17.0. The van der Waals surface area contributed by atoms with Crippen LogP contribution in [-0.2, 0) is 16.7 Å². The van der Waals surface area contributed by atoms with Crippen molar-refractivity contribution >= 4 is 29.2 Å². The molecule has 2 aliphatic heterocycles. The molecule has 1 amide bonds. The van der Waals surface area contributed by atoms with Gasteiger partial charge in [0.2, 0.25) is 0 Å². The second-order valence-electron chi connectivity index (χ2n) is 11.1. The highest BCUT2D eigenvalue weighted by Crippen LogP contribution is 2.33. The summed E-state index contributed by atoms with van der Waals surface area (Å²) >= 11 is 1.52. The van der Waals surface area contributed by atoms with Crippen LogP contribution in [0, 0.1) is 0 Å². The minimum absolute atomic E-state index is 0.0976. The summed E-state index contributed by atoms with van der Waals surface area (Å²) in [6.45, 7) is 3.65. The highest BCUT2D eigenvalue weighted by molar-refractivity contribution is 7.98. The molecule has 0 spiro atoms. The van der Waals surface area contributed by atoms with E-state index in [4.69, 9.17) is 14.7 Å². The Morgan fingerprint density at radius 2 is 1.67 bits per heavy atom. The number of thioether (sulfide) groups is 1. The minimum Gasteiger partial charge on any atom is -0.376 e. The van der Waals surface area contributed by atoms with Crippen LogP contribution < -0.4 is 15.1 Å². The summed E-state index contributed by atoms with van der Waals surface area (Å²) in [7, 11) is 0. The summed E-state index contributed by atoms with van der Waals surface area (Å²) in [5.41, 5.74) is 3.36. The quantitative estimate of drug-likeness (QED) is 0.163. The molecule has 11 heteroatoms. The van der Waals surface area contributed by atoms with Crippen LogP contribution in [0.2, 0.25) is 0 Å². The summed E-state index contributed by atoms with van der Waals surface area (Å²) in [6, 6.07) is 24.9. The van der Waals surface area contributed by atoms with E-state index in [1.54, 1.807) is 6.07 Å². The average Bonchev–Trinajstić information content (AvgIpc) is 3.60. The Morgan fingerprint density at radius 1 is 0.911 bits per heavy atom. The van der Waals surface area contributed by atoms with Gasteiger partial charge in [0.05, 0.1) is 17.4 Å². The number of alkyl halides is 3. The summed E-state index contributed by atoms with van der Waals surface area (Å²) in [6.07, 6.45) is -2.27. The molecular formula is C34H34F3N5O2S. The maximum atomic E-state index is 13.3. The Kier molecular flexibility index (Phi) is 9.56. The van der Waals surface area contributed by atoms with Crippen LogP contribution in [0.4, 0.5) is 24.7 Å². The predicted octanol–water partition coefficient (Wildman–Crippen LogP) is 6.69. The number of piperazine rings is 1. The zero-order chi connectivity index (χ0) is 31.2. The molecule has 0 aliphatic carbocycles. The molecule has 2 aliphatic rings. The van der Waals surface area contributed by atoms with E-state index in [1.807, 2.05) is 65.6 Å². The first-order valence-electron chi connectivity index (χ1n) is 15.0. The maximum Gasteiger partial charge on any atom is 0.416 e. The van der Waals surface area contributed by atoms with E-state index >= 15 is 0 Å². The first-order chi connectivity index (χ1) is 21.8. The Balaban J connectivity index is 1.12. The van der Waals surface area contributed by atoms with Gasteiger partial charge >= 0.3 is 6.18 Å². The Bertz CT molecular complexity index is 1590. The van der Waals surface area contributed by atoms with Crippen molar-refractivity contribution in [1.82, 2.24) is 15.3 Å². The standard InChI is InChI=1S/C34H34F3N5O2S/c35-34(36,37)27-8-4-9-28(20-27)41-15-17-42(18-16-41)31-21-30(25-6-2-1-3-7-25)39-33(40-31)45-23-24-11-13-26(14-12-24)32(43)38-22-29-10-5-19-44-29/h1-4,6-9,11-14,20-21,29H,5,10,15-19,22-23H2,(H,38,43)/t29-/m0/s1. The lowest BCUT2D eigenvalue weighted by molar-refractivity contribution is -0.137. The van der Waals surface area contributed by atoms with Gasteiger partial charge in [0.1, 0.15) is 5.82 Å². The van der Waals surface area contributed by atoms with Gasteiger partial charge in [-0.1, -0.05) is 60.3 Å². The largest absolute Gasteiger partial charge is 0.416 e. The number of carbonyl (C=O) groups excluding carboxylic acids is 1. The molecule has 3 heterocycles. The van der Waals surface area contributed by atoms with Gasteiger partial charge < -0.3 is 19.9 Å². The van der Waals surface area contributed by atoms with E-state index in [2.05, 4.69) is 10.2 Å². The molecular weight excluding hydrogens is 599 g/mol. The van der Waals surface area contributed by atoms with E-state index in [0.717, 1.165) is 48.2 Å². The zero-order valence-electron chi connectivity index (χ0n) is 24.7. The van der Waals surface area contributed by atoms with Crippen LogP contribution in [0.5, 0.6) is 0 Å². The van der Waals surface area contributed by atoms with Crippen molar-refractivity contribution in [2.75, 3.05) is 49.1 Å². The number of anilines is 2. The number of halogens is 3. The minimum atomic E-state index is -4.37. The summed E-state index contributed by atoms with van der Waals surface area (Å²) in [5.74, 6) is 1.30. The first-order valence-corrected chi connectivity index (χ1v) is 16.0. The monoisotopic (exact) mass is 633 g/mol. The molecule has 1 atom stereocenters. The topological polar surface area (TPSA) is 70.6 Å². The van der Waals surface area contributed by atoms with Gasteiger partial charge in [-0.3, -0.25) is 4.79 Å². The molecule has 2 saturated heterocycles. The van der Waals surface area contributed by atoms with Gasteiger partial charge in [-0.15, -0.1) is 0 Å². The van der Waals surface area contributed by atoms with Gasteiger partial charge in [0.15, 0.2) is 5.16 Å². The number of benzene rings is 3. The molecule has 4 aromatic rings. The summed E-state index contributed by atoms with van der Waals surface area (Å²) in [5, 5.41) is 3.59. The van der Waals surface area contributed by atoms with Crippen LogP contribution >= 0.6 is 11.8 Å². The van der Waals surface area contributed by atoms with Crippen molar-refractivity contribution in [3.8, 4) is 11.3 Å². The van der Waals surface area contributed by atoms with E-state index in [1.165, 1.54) is 23.9 Å². The van der Waals surface area contributed by atoms with Gasteiger partial charge in [-0.25, -0.2) is 9.97 Å². The van der Waals surface area contributed by atoms with Gasteiger partial charge in [-0.05, 0) is 48.7 Å². The SMILES string of the molecule is O=C(NC[C@@H]1CCCO1)c1ccc(CSc2nc(-c3ccccc3)cc(N3CCN(c4cccc(C(F)(F)F)c4)CC3)n2)cc1. The summed E-state index contributed by atoms with van der Waals surface area (Å²) in [4.78, 5) is 26.4. The average molecular weight is 634 g/mol. The number of nitrogens with one attached hydrogen (secondary N) is 1. The molecule has 0 radical (unpaired) electrons. The van der Waals surface area contributed by atoms with Crippen molar-refractivity contribution in [3.63, 3.8) is 0 Å². The number of carbonyl (C=O) groups is 1. The second-order valence-corrected chi connectivity index (χ2v) is 12.1. The fraction of sp³-hybridized carbons (Fsp3) is 0.324. The number of rotatable bonds is 9. The summed E-state index contributed by atoms with van der Waals surface area (Å²) < 4.78 is 45.4. The van der Waals surface area contributed by atoms with E-state index in [0.29, 0.717) is 54.9 Å². The molecule has 7 nitrogen and oxygen atoms in total. The third-order valence-electron chi connectivity index (χ3n) is 8.00. The van der Waals surface area contributed by atoms with Gasteiger partial charge in [0.25, 0.3) is 5.91 Å². The van der Waals surface area contributed by atoms with Crippen molar-refractivity contribution in [2.24, 2.45) is 0 Å². The zero-order valence-corrected chi connectivity index (χ0v) is 25.5. The number of nitrogens with zero attached hydrogens (tertiary/aromatic N) is 4. The fourth-order valence-corrected chi connectivity index (χ4v) is 6.29. The Hall–Kier alpha value is -4.09. The van der Waals surface area contributed by atoms with Crippen molar-refractivity contribution in [3.05, 3.63) is 102 Å². The van der Waals surface area contributed by atoms with Crippen LogP contribution in [0.15, 0.2) is 90.1 Å². The highest BCUT2D eigenvalue weighted by Gasteiger charge is 2.31. The molecule has 0 unspecified atom stereocenters. The van der Waals surface area contributed by atoms with E-state index in [9.17, 15) is 18.0 Å². The molecule has 234 valence electrons. The van der Waals surface area contributed by atoms with Gasteiger partial charge in [0, 0.05) is 68.0 Å². The van der Waals surface area contributed by atoms with Crippen LogP contribution in [0.1, 0.15) is 34.3 Å². The second kappa shape index (κ2) is 13.9. The van der Waals surface area contributed by atoms with Crippen molar-refractivity contribution < 1.29 is 22.7 Å². The van der Waals surface area contributed by atoms with Crippen LogP contribution in [0.3, 0.4) is 0 Å². The van der Waals surface area contributed by atoms with Crippen LogP contribution in [0.25, 0.3) is 11.3 Å². The number of amides is 1. The molecule has 0 bridgehead atoms. The molecule has 1 aromatic heterocycles. The maximum absolute atomic E-state index is 13.3. The molecule has 6 rings (SSSR count). The number of hydrogen-bond donors (Lipinski definition) is 1. The lowest BCUT2D eigenvalue weighted by atomic mass is 10.1. The Morgan fingerprint density at radius 3 is 2.38 bits per heavy atom. The van der Waals surface area contributed by atoms with Crippen LogP contribution in [-0.4, -0.2) is 61.3 Å². The molecule has 0 saturated carbocycles. The fourth-order valence-electron chi connectivity index (χ4n) is 5.48. The molecule has 45 heavy (non-hydrogen) atoms. The lowest BCUT2D eigenvalue weighted by Crippen LogP contribution is -2.47. The molecule has 2 fully saturated rings. The van der Waals surface area contributed by atoms with Gasteiger partial charge in [-0.2, -0.15) is 13.2 Å².